The van der Waals surface area contributed by atoms with Crippen LogP contribution in [0.1, 0.15) is 26.7 Å². The van der Waals surface area contributed by atoms with Crippen LogP contribution in [0.2, 0.25) is 0 Å². The van der Waals surface area contributed by atoms with Crippen LogP contribution in [0.3, 0.4) is 0 Å². The van der Waals surface area contributed by atoms with Crippen LogP contribution in [0.25, 0.3) is 0 Å². The highest BCUT2D eigenvalue weighted by Crippen LogP contribution is 2.13. The van der Waals surface area contributed by atoms with Gasteiger partial charge in [0, 0.05) is 13.1 Å². The molecule has 1 aliphatic heterocycles. The van der Waals surface area contributed by atoms with Crippen molar-refractivity contribution in [2.24, 2.45) is 5.92 Å². The maximum Gasteiger partial charge on any atom is 0.240 e. The first-order valence-corrected chi connectivity index (χ1v) is 5.03. The second-order valence-corrected chi connectivity index (χ2v) is 3.69. The maximum absolute atomic E-state index is 11.8. The Morgan fingerprint density at radius 1 is 1.79 bits per heavy atom. The van der Waals surface area contributed by atoms with E-state index in [9.17, 15) is 4.79 Å². The summed E-state index contributed by atoms with van der Waals surface area (Å²) in [6.45, 7) is 5.34. The van der Waals surface area contributed by atoms with E-state index in [1.54, 1.807) is 4.90 Å². The Morgan fingerprint density at radius 2 is 2.50 bits per heavy atom. The molecule has 0 fully saturated rings. The molecule has 1 atom stereocenters. The lowest BCUT2D eigenvalue weighted by atomic mass is 10.0. The predicted molar refractivity (Wildman–Crippen MR) is 54.3 cm³/mol. The van der Waals surface area contributed by atoms with E-state index >= 15 is 0 Å². The number of carbonyl (C=O) groups excluding carboxylic acids is 1. The topological polar surface area (TPSA) is 44.1 Å². The minimum absolute atomic E-state index is 0.0116. The second kappa shape index (κ2) is 4.80. The highest BCUT2D eigenvalue weighted by atomic mass is 16.2. The first kappa shape index (κ1) is 10.8. The summed E-state index contributed by atoms with van der Waals surface area (Å²) in [6.07, 6.45) is 3.67. The zero-order valence-electron chi connectivity index (χ0n) is 8.79. The summed E-state index contributed by atoms with van der Waals surface area (Å²) in [5.41, 5.74) is 1.22. The number of nitriles is 1. The molecule has 1 heterocycles. The lowest BCUT2D eigenvalue weighted by molar-refractivity contribution is -0.133. The van der Waals surface area contributed by atoms with Gasteiger partial charge in [0.2, 0.25) is 5.91 Å². The lowest BCUT2D eigenvalue weighted by Crippen LogP contribution is -2.39. The molecule has 0 aromatic rings. The van der Waals surface area contributed by atoms with Gasteiger partial charge in [-0.05, 0) is 19.8 Å². The third-order valence-electron chi connectivity index (χ3n) is 2.51. The van der Waals surface area contributed by atoms with Crippen molar-refractivity contribution in [1.29, 1.82) is 5.26 Å². The van der Waals surface area contributed by atoms with E-state index in [2.05, 4.69) is 12.1 Å². The van der Waals surface area contributed by atoms with Gasteiger partial charge in [-0.2, -0.15) is 5.26 Å². The number of rotatable bonds is 2. The van der Waals surface area contributed by atoms with E-state index < -0.39 is 5.92 Å². The van der Waals surface area contributed by atoms with E-state index in [0.717, 1.165) is 13.0 Å². The third-order valence-corrected chi connectivity index (χ3v) is 2.51. The molecule has 0 N–H and O–H groups in total. The van der Waals surface area contributed by atoms with Crippen molar-refractivity contribution in [1.82, 2.24) is 4.90 Å². The minimum atomic E-state index is -0.458. The van der Waals surface area contributed by atoms with Gasteiger partial charge < -0.3 is 4.90 Å². The normalized spacial score (nSPS) is 18.4. The molecule has 0 radical (unpaired) electrons. The number of hydrogen-bond acceptors (Lipinski definition) is 2. The van der Waals surface area contributed by atoms with Crippen molar-refractivity contribution in [3.05, 3.63) is 11.6 Å². The van der Waals surface area contributed by atoms with Gasteiger partial charge in [0.05, 0.1) is 6.07 Å². The van der Waals surface area contributed by atoms with Gasteiger partial charge in [0.1, 0.15) is 5.92 Å². The first-order chi connectivity index (χ1) is 6.69. The third kappa shape index (κ3) is 2.35. The Balaban J connectivity index is 2.62. The number of hydrogen-bond donors (Lipinski definition) is 0. The highest BCUT2D eigenvalue weighted by molar-refractivity contribution is 5.81. The van der Waals surface area contributed by atoms with Crippen molar-refractivity contribution in [3.8, 4) is 6.07 Å². The fraction of sp³-hybridized carbons (Fsp3) is 0.636. The van der Waals surface area contributed by atoms with Crippen molar-refractivity contribution in [2.45, 2.75) is 26.7 Å². The van der Waals surface area contributed by atoms with Crippen molar-refractivity contribution >= 4 is 5.91 Å². The molecule has 1 amide bonds. The zero-order valence-corrected chi connectivity index (χ0v) is 8.79. The van der Waals surface area contributed by atoms with E-state index in [4.69, 9.17) is 5.26 Å². The second-order valence-electron chi connectivity index (χ2n) is 3.69. The van der Waals surface area contributed by atoms with Crippen LogP contribution in [-0.4, -0.2) is 23.9 Å². The summed E-state index contributed by atoms with van der Waals surface area (Å²) >= 11 is 0. The molecule has 14 heavy (non-hydrogen) atoms. The predicted octanol–water partition coefficient (Wildman–Crippen LogP) is 1.71. The Hall–Kier alpha value is -1.30. The molecule has 0 aromatic heterocycles. The summed E-state index contributed by atoms with van der Waals surface area (Å²) in [5, 5.41) is 8.78. The first-order valence-electron chi connectivity index (χ1n) is 5.03. The fourth-order valence-corrected chi connectivity index (χ4v) is 1.64. The summed E-state index contributed by atoms with van der Waals surface area (Å²) in [5.74, 6) is -0.469. The molecule has 0 bridgehead atoms. The summed E-state index contributed by atoms with van der Waals surface area (Å²) < 4.78 is 0. The summed E-state index contributed by atoms with van der Waals surface area (Å²) in [6, 6.07) is 2.05. The molecular formula is C11H16N2O. The van der Waals surface area contributed by atoms with Crippen LogP contribution < -0.4 is 0 Å². The summed E-state index contributed by atoms with van der Waals surface area (Å²) in [7, 11) is 0. The quantitative estimate of drug-likeness (QED) is 0.625. The standard InChI is InChI=1S/C11H16N2O/c1-3-10(7-12)11(14)13-6-4-5-9(2)8-13/h5,10H,3-4,6,8H2,1-2H3. The monoisotopic (exact) mass is 192 g/mol. The molecule has 1 aliphatic rings. The van der Waals surface area contributed by atoms with Gasteiger partial charge in [-0.1, -0.05) is 18.6 Å². The Kier molecular flexibility index (Phi) is 3.70. The molecule has 1 rings (SSSR count). The molecule has 1 unspecified atom stereocenters. The lowest BCUT2D eigenvalue weighted by Gasteiger charge is -2.27. The molecule has 0 saturated heterocycles. The number of amides is 1. The molecule has 0 aliphatic carbocycles. The van der Waals surface area contributed by atoms with Gasteiger partial charge in [0.15, 0.2) is 0 Å². The van der Waals surface area contributed by atoms with Crippen molar-refractivity contribution in [3.63, 3.8) is 0 Å². The van der Waals surface area contributed by atoms with Crippen LogP contribution in [0.5, 0.6) is 0 Å². The van der Waals surface area contributed by atoms with Crippen LogP contribution in [-0.2, 0) is 4.79 Å². The van der Waals surface area contributed by atoms with Gasteiger partial charge in [-0.15, -0.1) is 0 Å². The van der Waals surface area contributed by atoms with E-state index in [1.807, 2.05) is 13.8 Å². The van der Waals surface area contributed by atoms with E-state index in [1.165, 1.54) is 5.57 Å². The van der Waals surface area contributed by atoms with Gasteiger partial charge >= 0.3 is 0 Å². The van der Waals surface area contributed by atoms with Crippen LogP contribution in [0, 0.1) is 17.2 Å². The molecule has 76 valence electrons. The number of nitrogens with zero attached hydrogens (tertiary/aromatic N) is 2. The Morgan fingerprint density at radius 3 is 3.00 bits per heavy atom. The molecule has 0 saturated carbocycles. The average molecular weight is 192 g/mol. The maximum atomic E-state index is 11.8. The molecule has 0 aromatic carbocycles. The number of carbonyl (C=O) groups is 1. The van der Waals surface area contributed by atoms with Gasteiger partial charge in [-0.3, -0.25) is 4.79 Å². The molecule has 3 nitrogen and oxygen atoms in total. The molecule has 0 spiro atoms. The molecule has 3 heteroatoms. The Bertz CT molecular complexity index is 288. The van der Waals surface area contributed by atoms with E-state index in [0.29, 0.717) is 13.0 Å². The largest absolute Gasteiger partial charge is 0.337 e. The van der Waals surface area contributed by atoms with Gasteiger partial charge in [-0.25, -0.2) is 0 Å². The molecular weight excluding hydrogens is 176 g/mol. The van der Waals surface area contributed by atoms with Crippen LogP contribution >= 0.6 is 0 Å². The average Bonchev–Trinajstić information content (AvgIpc) is 2.19. The SMILES string of the molecule is CCC(C#N)C(=O)N1CCC=C(C)C1. The highest BCUT2D eigenvalue weighted by Gasteiger charge is 2.23. The van der Waals surface area contributed by atoms with Crippen LogP contribution in [0.4, 0.5) is 0 Å². The smallest absolute Gasteiger partial charge is 0.240 e. The van der Waals surface area contributed by atoms with Gasteiger partial charge in [0.25, 0.3) is 0 Å². The zero-order chi connectivity index (χ0) is 10.6. The minimum Gasteiger partial charge on any atom is -0.337 e. The van der Waals surface area contributed by atoms with Crippen molar-refractivity contribution in [2.75, 3.05) is 13.1 Å². The Labute approximate surface area is 85.0 Å². The summed E-state index contributed by atoms with van der Waals surface area (Å²) in [4.78, 5) is 13.6. The van der Waals surface area contributed by atoms with Crippen LogP contribution in [0.15, 0.2) is 11.6 Å². The van der Waals surface area contributed by atoms with E-state index in [-0.39, 0.29) is 5.91 Å². The fourth-order valence-electron chi connectivity index (χ4n) is 1.64. The van der Waals surface area contributed by atoms with Crippen molar-refractivity contribution < 1.29 is 4.79 Å².